The van der Waals surface area contributed by atoms with Gasteiger partial charge in [-0.05, 0) is 65.7 Å². The molecule has 30 heavy (non-hydrogen) atoms. The topological polar surface area (TPSA) is 27.1 Å². The Kier molecular flexibility index (Phi) is 5.12. The summed E-state index contributed by atoms with van der Waals surface area (Å²) in [6.07, 6.45) is 0.883. The number of benzene rings is 4. The first-order chi connectivity index (χ1) is 14.8. The van der Waals surface area contributed by atoms with Gasteiger partial charge in [0.2, 0.25) is 0 Å². The lowest BCUT2D eigenvalue weighted by molar-refractivity contribution is 0.303. The Morgan fingerprint density at radius 3 is 2.43 bits per heavy atom. The summed E-state index contributed by atoms with van der Waals surface area (Å²) in [5.74, 6) is 1.86. The summed E-state index contributed by atoms with van der Waals surface area (Å²) in [7, 11) is 0. The van der Waals surface area contributed by atoms with Crippen LogP contribution in [0.5, 0.6) is 5.75 Å². The number of ether oxygens (including phenoxy) is 1. The highest BCUT2D eigenvalue weighted by molar-refractivity contribution is 6.30. The van der Waals surface area contributed by atoms with Crippen molar-refractivity contribution in [1.29, 1.82) is 0 Å². The number of halogens is 1. The van der Waals surface area contributed by atoms with Crippen LogP contribution >= 0.6 is 11.6 Å². The van der Waals surface area contributed by atoms with Gasteiger partial charge in [0, 0.05) is 17.1 Å². The summed E-state index contributed by atoms with van der Waals surface area (Å²) in [5.41, 5.74) is 3.19. The molecule has 1 heterocycles. The predicted octanol–water partition coefficient (Wildman–Crippen LogP) is 6.98. The number of rotatable bonds is 6. The highest BCUT2D eigenvalue weighted by Gasteiger charge is 2.12. The Hall–Kier alpha value is -3.30. The molecule has 1 aromatic heterocycles. The summed E-state index contributed by atoms with van der Waals surface area (Å²) in [6, 6.07) is 30.7. The van der Waals surface area contributed by atoms with E-state index in [0.717, 1.165) is 46.2 Å². The zero-order chi connectivity index (χ0) is 20.3. The van der Waals surface area contributed by atoms with E-state index in [0.29, 0.717) is 6.61 Å². The van der Waals surface area contributed by atoms with Gasteiger partial charge < -0.3 is 9.30 Å². The lowest BCUT2D eigenvalue weighted by atomic mass is 10.1. The van der Waals surface area contributed by atoms with Crippen LogP contribution in [0.15, 0.2) is 91.0 Å². The van der Waals surface area contributed by atoms with Crippen molar-refractivity contribution in [2.24, 2.45) is 0 Å². The van der Waals surface area contributed by atoms with Crippen LogP contribution in [0.25, 0.3) is 33.2 Å². The van der Waals surface area contributed by atoms with Gasteiger partial charge in [-0.25, -0.2) is 4.98 Å². The lowest BCUT2D eigenvalue weighted by Crippen LogP contribution is -2.06. The van der Waals surface area contributed by atoms with Gasteiger partial charge in [0.25, 0.3) is 0 Å². The summed E-state index contributed by atoms with van der Waals surface area (Å²) < 4.78 is 8.30. The number of nitrogens with zero attached hydrogens (tertiary/aromatic N) is 2. The number of para-hydroxylation sites is 2. The summed E-state index contributed by atoms with van der Waals surface area (Å²) in [4.78, 5) is 4.86. The molecule has 0 spiro atoms. The molecule has 0 aliphatic carbocycles. The standard InChI is InChI=1S/C26H21ClN2O/c27-22-13-10-20(11-14-22)26-28-24-8-3-4-9-25(24)29(26)16-5-17-30-23-15-12-19-6-1-2-7-21(19)18-23/h1-4,6-15,18H,5,16-17H2. The first-order valence-electron chi connectivity index (χ1n) is 10.1. The number of aromatic nitrogens is 2. The molecule has 0 bridgehead atoms. The minimum absolute atomic E-state index is 0.644. The second-order valence-corrected chi connectivity index (χ2v) is 7.73. The average molecular weight is 413 g/mol. The second-order valence-electron chi connectivity index (χ2n) is 7.29. The van der Waals surface area contributed by atoms with Gasteiger partial charge in [-0.2, -0.15) is 0 Å². The van der Waals surface area contributed by atoms with Crippen LogP contribution in [0.2, 0.25) is 5.02 Å². The Labute approximate surface area is 180 Å². The van der Waals surface area contributed by atoms with E-state index in [1.54, 1.807) is 0 Å². The van der Waals surface area contributed by atoms with Crippen molar-refractivity contribution >= 4 is 33.4 Å². The van der Waals surface area contributed by atoms with Crippen LogP contribution in [0.3, 0.4) is 0 Å². The maximum absolute atomic E-state index is 6.07. The van der Waals surface area contributed by atoms with Crippen molar-refractivity contribution in [3.05, 3.63) is 96.0 Å². The lowest BCUT2D eigenvalue weighted by Gasteiger charge is -2.11. The molecule has 4 heteroatoms. The van der Waals surface area contributed by atoms with Gasteiger partial charge >= 0.3 is 0 Å². The smallest absolute Gasteiger partial charge is 0.141 e. The van der Waals surface area contributed by atoms with Crippen LogP contribution in [0, 0.1) is 0 Å². The van der Waals surface area contributed by atoms with E-state index in [1.165, 1.54) is 10.8 Å². The van der Waals surface area contributed by atoms with Crippen molar-refractivity contribution in [2.45, 2.75) is 13.0 Å². The van der Waals surface area contributed by atoms with E-state index in [9.17, 15) is 0 Å². The summed E-state index contributed by atoms with van der Waals surface area (Å²) in [5, 5.41) is 3.15. The van der Waals surface area contributed by atoms with E-state index in [-0.39, 0.29) is 0 Å². The molecule has 0 radical (unpaired) electrons. The van der Waals surface area contributed by atoms with Gasteiger partial charge in [-0.1, -0.05) is 54.1 Å². The Bertz CT molecular complexity index is 1310. The van der Waals surface area contributed by atoms with E-state index in [4.69, 9.17) is 21.3 Å². The van der Waals surface area contributed by atoms with Crippen molar-refractivity contribution < 1.29 is 4.74 Å². The Morgan fingerprint density at radius 2 is 1.57 bits per heavy atom. The van der Waals surface area contributed by atoms with E-state index >= 15 is 0 Å². The fourth-order valence-corrected chi connectivity index (χ4v) is 3.92. The molecule has 3 nitrogen and oxygen atoms in total. The second kappa shape index (κ2) is 8.21. The van der Waals surface area contributed by atoms with Crippen molar-refractivity contribution in [3.8, 4) is 17.1 Å². The van der Waals surface area contributed by atoms with Crippen LogP contribution in [0.1, 0.15) is 6.42 Å². The number of hydrogen-bond donors (Lipinski definition) is 0. The zero-order valence-corrected chi connectivity index (χ0v) is 17.2. The normalized spacial score (nSPS) is 11.2. The highest BCUT2D eigenvalue weighted by Crippen LogP contribution is 2.26. The van der Waals surface area contributed by atoms with Crippen LogP contribution in [-0.4, -0.2) is 16.2 Å². The third-order valence-corrected chi connectivity index (χ3v) is 5.52. The van der Waals surface area contributed by atoms with Gasteiger partial charge in [0.1, 0.15) is 11.6 Å². The average Bonchev–Trinajstić information content (AvgIpc) is 3.16. The number of fused-ring (bicyclic) bond motifs is 2. The van der Waals surface area contributed by atoms with Gasteiger partial charge in [-0.3, -0.25) is 0 Å². The predicted molar refractivity (Wildman–Crippen MR) is 124 cm³/mol. The van der Waals surface area contributed by atoms with Crippen LogP contribution in [-0.2, 0) is 6.54 Å². The molecule has 0 aliphatic heterocycles. The van der Waals surface area contributed by atoms with Gasteiger partial charge in [-0.15, -0.1) is 0 Å². The van der Waals surface area contributed by atoms with Gasteiger partial charge in [0.05, 0.1) is 17.6 Å². The summed E-state index contributed by atoms with van der Waals surface area (Å²) >= 11 is 6.07. The molecule has 0 aliphatic rings. The monoisotopic (exact) mass is 412 g/mol. The van der Waals surface area contributed by atoms with E-state index in [2.05, 4.69) is 59.2 Å². The molecule has 148 valence electrons. The third-order valence-electron chi connectivity index (χ3n) is 5.27. The molecule has 0 unspecified atom stereocenters. The highest BCUT2D eigenvalue weighted by atomic mass is 35.5. The molecule has 5 aromatic rings. The molecule has 0 saturated carbocycles. The quantitative estimate of drug-likeness (QED) is 0.281. The van der Waals surface area contributed by atoms with Crippen molar-refractivity contribution in [2.75, 3.05) is 6.61 Å². The minimum Gasteiger partial charge on any atom is -0.494 e. The fourth-order valence-electron chi connectivity index (χ4n) is 3.79. The molecular weight excluding hydrogens is 392 g/mol. The minimum atomic E-state index is 0.644. The van der Waals surface area contributed by atoms with Crippen LogP contribution < -0.4 is 4.74 Å². The van der Waals surface area contributed by atoms with E-state index in [1.807, 2.05) is 36.4 Å². The molecule has 0 amide bonds. The number of hydrogen-bond acceptors (Lipinski definition) is 2. The molecule has 5 rings (SSSR count). The number of aryl methyl sites for hydroxylation is 1. The first-order valence-corrected chi connectivity index (χ1v) is 10.5. The largest absolute Gasteiger partial charge is 0.494 e. The SMILES string of the molecule is Clc1ccc(-c2nc3ccccc3n2CCCOc2ccc3ccccc3c2)cc1. The molecule has 0 N–H and O–H groups in total. The maximum atomic E-state index is 6.07. The molecular formula is C26H21ClN2O. The molecule has 0 fully saturated rings. The maximum Gasteiger partial charge on any atom is 0.141 e. The number of imidazole rings is 1. The fraction of sp³-hybridized carbons (Fsp3) is 0.115. The Balaban J connectivity index is 1.34. The molecule has 0 atom stereocenters. The first kappa shape index (κ1) is 18.7. The van der Waals surface area contributed by atoms with Crippen molar-refractivity contribution in [1.82, 2.24) is 9.55 Å². The van der Waals surface area contributed by atoms with E-state index < -0.39 is 0 Å². The third kappa shape index (κ3) is 3.77. The summed E-state index contributed by atoms with van der Waals surface area (Å²) in [6.45, 7) is 1.47. The van der Waals surface area contributed by atoms with Crippen molar-refractivity contribution in [3.63, 3.8) is 0 Å². The van der Waals surface area contributed by atoms with Gasteiger partial charge in [0.15, 0.2) is 0 Å². The molecule has 4 aromatic carbocycles. The Morgan fingerprint density at radius 1 is 0.800 bits per heavy atom. The zero-order valence-electron chi connectivity index (χ0n) is 16.5. The van der Waals surface area contributed by atoms with Crippen LogP contribution in [0.4, 0.5) is 0 Å². The molecule has 0 saturated heterocycles.